The molecule has 5 N–H and O–H groups in total. The van der Waals surface area contributed by atoms with Crippen molar-refractivity contribution in [1.82, 2.24) is 4.90 Å². The lowest BCUT2D eigenvalue weighted by molar-refractivity contribution is -0.137. The molecule has 0 aromatic heterocycles. The number of hydrogen-bond donors (Lipinski definition) is 3. The highest BCUT2D eigenvalue weighted by atomic mass is 16.2. The number of benzene rings is 2. The van der Waals surface area contributed by atoms with Crippen molar-refractivity contribution in [3.8, 4) is 0 Å². The van der Waals surface area contributed by atoms with Crippen LogP contribution in [0, 0.1) is 0 Å². The zero-order chi connectivity index (χ0) is 21.1. The van der Waals surface area contributed by atoms with E-state index in [1.807, 2.05) is 42.5 Å². The minimum Gasteiger partial charge on any atom is -0.328 e. The van der Waals surface area contributed by atoms with Crippen molar-refractivity contribution in [2.75, 3.05) is 11.9 Å². The Kier molecular flexibility index (Phi) is 6.16. The molecule has 2 amide bonds. The van der Waals surface area contributed by atoms with Crippen LogP contribution in [-0.2, 0) is 28.9 Å². The van der Waals surface area contributed by atoms with E-state index in [-0.39, 0.29) is 17.9 Å². The zero-order valence-corrected chi connectivity index (χ0v) is 17.2. The third kappa shape index (κ3) is 4.55. The first-order chi connectivity index (χ1) is 14.5. The van der Waals surface area contributed by atoms with Gasteiger partial charge in [-0.15, -0.1) is 0 Å². The van der Waals surface area contributed by atoms with Gasteiger partial charge in [-0.2, -0.15) is 0 Å². The first-order valence-corrected chi connectivity index (χ1v) is 10.8. The second-order valence-electron chi connectivity index (χ2n) is 8.46. The molecule has 0 radical (unpaired) electrons. The summed E-state index contributed by atoms with van der Waals surface area (Å²) in [6, 6.07) is 14.6. The Morgan fingerprint density at radius 3 is 2.67 bits per heavy atom. The number of nitrogens with zero attached hydrogens (tertiary/aromatic N) is 1. The van der Waals surface area contributed by atoms with E-state index in [1.165, 1.54) is 11.1 Å². The van der Waals surface area contributed by atoms with Crippen molar-refractivity contribution in [3.63, 3.8) is 0 Å². The minimum absolute atomic E-state index is 0.190. The smallest absolute Gasteiger partial charge is 0.247 e. The minimum atomic E-state index is -0.647. The maximum atomic E-state index is 13.0. The van der Waals surface area contributed by atoms with E-state index in [0.29, 0.717) is 19.4 Å². The summed E-state index contributed by atoms with van der Waals surface area (Å²) < 4.78 is 0. The Bertz CT molecular complexity index is 915. The Balaban J connectivity index is 1.39. The summed E-state index contributed by atoms with van der Waals surface area (Å²) in [6.07, 6.45) is 5.02. The summed E-state index contributed by atoms with van der Waals surface area (Å²) in [5.41, 5.74) is 16.9. The van der Waals surface area contributed by atoms with Gasteiger partial charge in [-0.3, -0.25) is 9.59 Å². The predicted molar refractivity (Wildman–Crippen MR) is 118 cm³/mol. The molecule has 30 heavy (non-hydrogen) atoms. The molecule has 6 nitrogen and oxygen atoms in total. The van der Waals surface area contributed by atoms with Crippen molar-refractivity contribution in [2.24, 2.45) is 11.5 Å². The summed E-state index contributed by atoms with van der Waals surface area (Å²) in [7, 11) is 0. The quantitative estimate of drug-likeness (QED) is 0.683. The number of nitrogens with two attached hydrogens (primary N) is 2. The molecule has 1 saturated heterocycles. The molecular formula is C24H30N4O2. The summed E-state index contributed by atoms with van der Waals surface area (Å²) in [6.45, 7) is 0.361. The number of hydrogen-bond acceptors (Lipinski definition) is 4. The fourth-order valence-electron chi connectivity index (χ4n) is 4.54. The predicted octanol–water partition coefficient (Wildman–Crippen LogP) is 2.00. The second kappa shape index (κ2) is 8.98. The van der Waals surface area contributed by atoms with E-state index in [9.17, 15) is 9.59 Å². The van der Waals surface area contributed by atoms with Gasteiger partial charge in [0.1, 0.15) is 6.04 Å². The molecule has 0 unspecified atom stereocenters. The first kappa shape index (κ1) is 20.6. The van der Waals surface area contributed by atoms with Crippen LogP contribution >= 0.6 is 0 Å². The van der Waals surface area contributed by atoms with E-state index in [2.05, 4.69) is 11.4 Å². The van der Waals surface area contributed by atoms with Gasteiger partial charge in [-0.1, -0.05) is 36.4 Å². The number of carbonyl (C=O) groups excluding carboxylic acids is 2. The van der Waals surface area contributed by atoms with Gasteiger partial charge in [0.2, 0.25) is 11.8 Å². The van der Waals surface area contributed by atoms with Crippen LogP contribution in [0.2, 0.25) is 0 Å². The molecule has 3 atom stereocenters. The summed E-state index contributed by atoms with van der Waals surface area (Å²) in [5.74, 6) is -0.391. The molecule has 1 aliphatic carbocycles. The molecule has 1 heterocycles. The highest BCUT2D eigenvalue weighted by molar-refractivity contribution is 5.98. The molecule has 2 aliphatic rings. The van der Waals surface area contributed by atoms with E-state index in [1.54, 1.807) is 4.90 Å². The lowest BCUT2D eigenvalue weighted by atomic mass is 10.0. The SMILES string of the molecule is N[C@H]1C[C@@H](C(=O)Nc2ccc3c(c2)CCC3)N(C(=O)[C@@H](N)CCc2ccccc2)C1. The highest BCUT2D eigenvalue weighted by Gasteiger charge is 2.39. The Labute approximate surface area is 177 Å². The largest absolute Gasteiger partial charge is 0.328 e. The van der Waals surface area contributed by atoms with Crippen LogP contribution in [0.4, 0.5) is 5.69 Å². The molecule has 6 heteroatoms. The maximum Gasteiger partial charge on any atom is 0.247 e. The number of nitrogens with one attached hydrogen (secondary N) is 1. The fraction of sp³-hybridized carbons (Fsp3) is 0.417. The monoisotopic (exact) mass is 406 g/mol. The molecular weight excluding hydrogens is 376 g/mol. The van der Waals surface area contributed by atoms with Crippen LogP contribution in [-0.4, -0.2) is 41.4 Å². The topological polar surface area (TPSA) is 101 Å². The first-order valence-electron chi connectivity index (χ1n) is 10.8. The van der Waals surface area contributed by atoms with Crippen LogP contribution in [0.3, 0.4) is 0 Å². The lowest BCUT2D eigenvalue weighted by Crippen LogP contribution is -2.50. The lowest BCUT2D eigenvalue weighted by Gasteiger charge is -2.26. The molecule has 0 bridgehead atoms. The van der Waals surface area contributed by atoms with Crippen molar-refractivity contribution < 1.29 is 9.59 Å². The molecule has 2 aromatic rings. The number of likely N-dealkylation sites (tertiary alicyclic amines) is 1. The van der Waals surface area contributed by atoms with E-state index >= 15 is 0 Å². The van der Waals surface area contributed by atoms with E-state index < -0.39 is 12.1 Å². The number of aryl methyl sites for hydroxylation is 3. The number of rotatable bonds is 6. The van der Waals surface area contributed by atoms with Crippen LogP contribution in [0.15, 0.2) is 48.5 Å². The highest BCUT2D eigenvalue weighted by Crippen LogP contribution is 2.26. The van der Waals surface area contributed by atoms with Gasteiger partial charge in [0.15, 0.2) is 0 Å². The van der Waals surface area contributed by atoms with Gasteiger partial charge < -0.3 is 21.7 Å². The Morgan fingerprint density at radius 2 is 1.87 bits per heavy atom. The average molecular weight is 407 g/mol. The molecule has 1 aliphatic heterocycles. The summed E-state index contributed by atoms with van der Waals surface area (Å²) in [4.78, 5) is 27.5. The van der Waals surface area contributed by atoms with Crippen LogP contribution in [0.1, 0.15) is 36.0 Å². The molecule has 4 rings (SSSR count). The van der Waals surface area contributed by atoms with Gasteiger partial charge >= 0.3 is 0 Å². The van der Waals surface area contributed by atoms with Gasteiger partial charge in [0.05, 0.1) is 6.04 Å². The van der Waals surface area contributed by atoms with Crippen molar-refractivity contribution in [2.45, 2.75) is 56.7 Å². The average Bonchev–Trinajstić information content (AvgIpc) is 3.38. The Hall–Kier alpha value is -2.70. The molecule has 1 fully saturated rings. The van der Waals surface area contributed by atoms with Gasteiger partial charge in [0.25, 0.3) is 0 Å². The van der Waals surface area contributed by atoms with Gasteiger partial charge in [-0.25, -0.2) is 0 Å². The molecule has 158 valence electrons. The second-order valence-corrected chi connectivity index (χ2v) is 8.46. The Morgan fingerprint density at radius 1 is 1.10 bits per heavy atom. The maximum absolute atomic E-state index is 13.0. The zero-order valence-electron chi connectivity index (χ0n) is 17.2. The number of anilines is 1. The number of fused-ring (bicyclic) bond motifs is 1. The summed E-state index contributed by atoms with van der Waals surface area (Å²) in [5, 5.41) is 2.99. The number of amides is 2. The van der Waals surface area contributed by atoms with Crippen LogP contribution < -0.4 is 16.8 Å². The molecule has 2 aromatic carbocycles. The van der Waals surface area contributed by atoms with Gasteiger partial charge in [-0.05, 0) is 67.3 Å². The van der Waals surface area contributed by atoms with Crippen molar-refractivity contribution >= 4 is 17.5 Å². The van der Waals surface area contributed by atoms with Crippen molar-refractivity contribution in [3.05, 3.63) is 65.2 Å². The van der Waals surface area contributed by atoms with Crippen molar-refractivity contribution in [1.29, 1.82) is 0 Å². The van der Waals surface area contributed by atoms with E-state index in [0.717, 1.165) is 36.9 Å². The normalized spacial score (nSPS) is 21.3. The number of carbonyl (C=O) groups is 2. The van der Waals surface area contributed by atoms with Gasteiger partial charge in [0, 0.05) is 18.3 Å². The summed E-state index contributed by atoms with van der Waals surface area (Å²) >= 11 is 0. The third-order valence-corrected chi connectivity index (χ3v) is 6.19. The fourth-order valence-corrected chi connectivity index (χ4v) is 4.54. The van der Waals surface area contributed by atoms with E-state index in [4.69, 9.17) is 11.5 Å². The third-order valence-electron chi connectivity index (χ3n) is 6.19. The molecule has 0 spiro atoms. The van der Waals surface area contributed by atoms with Crippen LogP contribution in [0.5, 0.6) is 0 Å². The molecule has 0 saturated carbocycles. The van der Waals surface area contributed by atoms with Crippen LogP contribution in [0.25, 0.3) is 0 Å². The standard InChI is InChI=1S/C24H30N4O2/c25-19-14-22(23(29)27-20-11-10-17-7-4-8-18(17)13-20)28(15-19)24(30)21(26)12-9-16-5-2-1-3-6-16/h1-3,5-6,10-11,13,19,21-22H,4,7-9,12,14-15,25-26H2,(H,27,29)/t19-,21-,22-/m0/s1.